The zero-order chi connectivity index (χ0) is 13.9. The molecule has 1 unspecified atom stereocenters. The molecule has 1 aromatic heterocycles. The number of nitrogen functional groups attached to an aromatic ring is 1. The van der Waals surface area contributed by atoms with E-state index in [-0.39, 0.29) is 0 Å². The Morgan fingerprint density at radius 2 is 2.10 bits per heavy atom. The van der Waals surface area contributed by atoms with Crippen molar-refractivity contribution in [3.63, 3.8) is 0 Å². The maximum absolute atomic E-state index is 5.99. The minimum Gasteiger partial charge on any atom is -0.476 e. The van der Waals surface area contributed by atoms with E-state index in [1.54, 1.807) is 0 Å². The van der Waals surface area contributed by atoms with Crippen LogP contribution in [0, 0.1) is 5.92 Å². The summed E-state index contributed by atoms with van der Waals surface area (Å²) in [6.45, 7) is 4.13. The van der Waals surface area contributed by atoms with Crippen molar-refractivity contribution in [3.05, 3.63) is 12.1 Å². The normalized spacial score (nSPS) is 23.4. The molecule has 1 aromatic rings. The van der Waals surface area contributed by atoms with Gasteiger partial charge in [-0.15, -0.1) is 0 Å². The van der Waals surface area contributed by atoms with Crippen LogP contribution in [-0.2, 0) is 0 Å². The highest BCUT2D eigenvalue weighted by molar-refractivity contribution is 5.55. The molecule has 1 aliphatic heterocycles. The molecule has 4 nitrogen and oxygen atoms in total. The predicted octanol–water partition coefficient (Wildman–Crippen LogP) is 3.22. The topological polar surface area (TPSA) is 51.4 Å². The molecule has 20 heavy (non-hydrogen) atoms. The average molecular weight is 275 g/mol. The van der Waals surface area contributed by atoms with Gasteiger partial charge in [0.15, 0.2) is 0 Å². The third-order valence-corrected chi connectivity index (χ3v) is 4.37. The van der Waals surface area contributed by atoms with Gasteiger partial charge in [0.25, 0.3) is 0 Å². The average Bonchev–Trinajstić information content (AvgIpc) is 3.26. The predicted molar refractivity (Wildman–Crippen MR) is 82.1 cm³/mol. The van der Waals surface area contributed by atoms with Crippen LogP contribution >= 0.6 is 0 Å². The Kier molecular flexibility index (Phi) is 3.99. The number of pyridine rings is 1. The lowest BCUT2D eigenvalue weighted by Crippen LogP contribution is -2.33. The second-order valence-corrected chi connectivity index (χ2v) is 6.21. The molecule has 2 aliphatic rings. The summed E-state index contributed by atoms with van der Waals surface area (Å²) in [5.74, 6) is 2.35. The first-order chi connectivity index (χ1) is 9.74. The standard InChI is InChI=1S/C16H25N3O/c1-12-5-3-2-4-10-19(12)15-9-8-14(17)16(18-15)20-11-13-6-7-13/h8-9,12-13H,2-7,10-11,17H2,1H3. The van der Waals surface area contributed by atoms with Crippen LogP contribution in [0.3, 0.4) is 0 Å². The quantitative estimate of drug-likeness (QED) is 0.916. The van der Waals surface area contributed by atoms with E-state index in [9.17, 15) is 0 Å². The molecule has 2 fully saturated rings. The Hall–Kier alpha value is -1.45. The monoisotopic (exact) mass is 275 g/mol. The minimum atomic E-state index is 0.546. The molecule has 0 radical (unpaired) electrons. The summed E-state index contributed by atoms with van der Waals surface area (Å²) >= 11 is 0. The van der Waals surface area contributed by atoms with Crippen molar-refractivity contribution in [2.24, 2.45) is 5.92 Å². The summed E-state index contributed by atoms with van der Waals surface area (Å²) in [6, 6.07) is 4.51. The Bertz CT molecular complexity index is 459. The minimum absolute atomic E-state index is 0.546. The van der Waals surface area contributed by atoms with Crippen LogP contribution in [0.1, 0.15) is 45.4 Å². The smallest absolute Gasteiger partial charge is 0.239 e. The van der Waals surface area contributed by atoms with E-state index in [2.05, 4.69) is 16.8 Å². The van der Waals surface area contributed by atoms with Gasteiger partial charge < -0.3 is 15.4 Å². The van der Waals surface area contributed by atoms with Gasteiger partial charge in [0.05, 0.1) is 12.3 Å². The van der Waals surface area contributed by atoms with E-state index in [0.717, 1.165) is 24.9 Å². The zero-order valence-electron chi connectivity index (χ0n) is 12.3. The third-order valence-electron chi connectivity index (χ3n) is 4.37. The molecular formula is C16H25N3O. The van der Waals surface area contributed by atoms with Gasteiger partial charge in [0, 0.05) is 12.6 Å². The Balaban J connectivity index is 1.75. The third kappa shape index (κ3) is 3.17. The number of rotatable bonds is 4. The molecule has 0 spiro atoms. The van der Waals surface area contributed by atoms with Gasteiger partial charge in [-0.3, -0.25) is 0 Å². The van der Waals surface area contributed by atoms with Gasteiger partial charge >= 0.3 is 0 Å². The second-order valence-electron chi connectivity index (χ2n) is 6.21. The maximum atomic E-state index is 5.99. The summed E-state index contributed by atoms with van der Waals surface area (Å²) in [5.41, 5.74) is 6.63. The molecule has 0 bridgehead atoms. The SMILES string of the molecule is CC1CCCCCN1c1ccc(N)c(OCC2CC2)n1. The number of hydrogen-bond donors (Lipinski definition) is 1. The van der Waals surface area contributed by atoms with Crippen molar-refractivity contribution >= 4 is 11.5 Å². The van der Waals surface area contributed by atoms with Crippen LogP contribution < -0.4 is 15.4 Å². The van der Waals surface area contributed by atoms with E-state index < -0.39 is 0 Å². The molecule has 2 heterocycles. The summed E-state index contributed by atoms with van der Waals surface area (Å²) in [6.07, 6.45) is 7.68. The van der Waals surface area contributed by atoms with E-state index in [1.165, 1.54) is 38.5 Å². The molecule has 2 N–H and O–H groups in total. The fourth-order valence-electron chi connectivity index (χ4n) is 2.81. The number of hydrogen-bond acceptors (Lipinski definition) is 4. The van der Waals surface area contributed by atoms with E-state index >= 15 is 0 Å². The van der Waals surface area contributed by atoms with Crippen molar-refractivity contribution in [2.45, 2.75) is 51.5 Å². The highest BCUT2D eigenvalue weighted by Gasteiger charge is 2.23. The molecule has 4 heteroatoms. The lowest BCUT2D eigenvalue weighted by molar-refractivity contribution is 0.290. The van der Waals surface area contributed by atoms with Gasteiger partial charge in [0.1, 0.15) is 5.82 Å². The molecule has 110 valence electrons. The lowest BCUT2D eigenvalue weighted by atomic mass is 10.1. The summed E-state index contributed by atoms with van der Waals surface area (Å²) in [4.78, 5) is 7.07. The number of anilines is 2. The van der Waals surface area contributed by atoms with Crippen LogP contribution in [0.5, 0.6) is 5.88 Å². The first kappa shape index (κ1) is 13.5. The van der Waals surface area contributed by atoms with Gasteiger partial charge in [-0.2, -0.15) is 4.98 Å². The maximum Gasteiger partial charge on any atom is 0.239 e. The van der Waals surface area contributed by atoms with Crippen LogP contribution in [0.2, 0.25) is 0 Å². The Labute approximate surface area is 121 Å². The second kappa shape index (κ2) is 5.90. The number of aromatic nitrogens is 1. The molecule has 1 aliphatic carbocycles. The van der Waals surface area contributed by atoms with Gasteiger partial charge in [-0.1, -0.05) is 12.8 Å². The van der Waals surface area contributed by atoms with E-state index in [4.69, 9.17) is 10.5 Å². The van der Waals surface area contributed by atoms with Gasteiger partial charge in [-0.25, -0.2) is 0 Å². The summed E-state index contributed by atoms with van der Waals surface area (Å²) < 4.78 is 5.80. The highest BCUT2D eigenvalue weighted by atomic mass is 16.5. The van der Waals surface area contributed by atoms with Crippen LogP contribution in [0.15, 0.2) is 12.1 Å². The first-order valence-corrected chi connectivity index (χ1v) is 7.90. The molecule has 1 atom stereocenters. The highest BCUT2D eigenvalue weighted by Crippen LogP contribution is 2.32. The summed E-state index contributed by atoms with van der Waals surface area (Å²) in [7, 11) is 0. The van der Waals surface area contributed by atoms with Crippen molar-refractivity contribution in [3.8, 4) is 5.88 Å². The van der Waals surface area contributed by atoms with Gasteiger partial charge in [-0.05, 0) is 50.7 Å². The van der Waals surface area contributed by atoms with Crippen LogP contribution in [0.25, 0.3) is 0 Å². The lowest BCUT2D eigenvalue weighted by Gasteiger charge is -2.28. The molecule has 3 rings (SSSR count). The van der Waals surface area contributed by atoms with Crippen LogP contribution in [0.4, 0.5) is 11.5 Å². The Morgan fingerprint density at radius 3 is 2.90 bits per heavy atom. The molecule has 1 saturated heterocycles. The van der Waals surface area contributed by atoms with Crippen LogP contribution in [-0.4, -0.2) is 24.2 Å². The van der Waals surface area contributed by atoms with Crippen molar-refractivity contribution in [1.82, 2.24) is 4.98 Å². The molecule has 1 saturated carbocycles. The summed E-state index contributed by atoms with van der Waals surface area (Å²) in [5, 5.41) is 0. The van der Waals surface area contributed by atoms with E-state index in [0.29, 0.717) is 17.6 Å². The van der Waals surface area contributed by atoms with E-state index in [1.807, 2.05) is 12.1 Å². The Morgan fingerprint density at radius 1 is 1.25 bits per heavy atom. The first-order valence-electron chi connectivity index (χ1n) is 7.90. The fraction of sp³-hybridized carbons (Fsp3) is 0.688. The molecule has 0 amide bonds. The zero-order valence-corrected chi connectivity index (χ0v) is 12.3. The van der Waals surface area contributed by atoms with Crippen molar-refractivity contribution in [2.75, 3.05) is 23.8 Å². The van der Waals surface area contributed by atoms with Gasteiger partial charge in [0.2, 0.25) is 5.88 Å². The van der Waals surface area contributed by atoms with Crippen molar-refractivity contribution in [1.29, 1.82) is 0 Å². The molecular weight excluding hydrogens is 250 g/mol. The number of nitrogens with zero attached hydrogens (tertiary/aromatic N) is 2. The largest absolute Gasteiger partial charge is 0.476 e. The number of ether oxygens (including phenoxy) is 1. The fourth-order valence-corrected chi connectivity index (χ4v) is 2.81. The van der Waals surface area contributed by atoms with Crippen molar-refractivity contribution < 1.29 is 4.74 Å². The number of nitrogens with two attached hydrogens (primary N) is 1. The molecule has 0 aromatic carbocycles.